The van der Waals surface area contributed by atoms with Crippen LogP contribution in [0.25, 0.3) is 72.0 Å². The van der Waals surface area contributed by atoms with Gasteiger partial charge in [-0.2, -0.15) is 0 Å². The van der Waals surface area contributed by atoms with Crippen molar-refractivity contribution in [3.8, 4) is 50.2 Å². The minimum atomic E-state index is -0.232. The van der Waals surface area contributed by atoms with E-state index >= 15 is 0 Å². The average molecular weight is 733 g/mol. The van der Waals surface area contributed by atoms with Crippen molar-refractivity contribution in [3.63, 3.8) is 0 Å². The lowest BCUT2D eigenvalue weighted by Gasteiger charge is -2.26. The Labute approximate surface area is 332 Å². The number of rotatable bonds is 8. The first kappa shape index (κ1) is 34.0. The van der Waals surface area contributed by atoms with Gasteiger partial charge < -0.3 is 9.47 Å². The first-order valence-electron chi connectivity index (χ1n) is 19.3. The predicted molar refractivity (Wildman–Crippen MR) is 237 cm³/mol. The molecule has 9 aromatic carbocycles. The lowest BCUT2D eigenvalue weighted by molar-refractivity contribution is 0.628. The number of para-hydroxylation sites is 2. The minimum Gasteiger partial charge on any atom is -0.311 e. The Hall–Kier alpha value is -7.49. The van der Waals surface area contributed by atoms with Gasteiger partial charge in [-0.25, -0.2) is 4.39 Å². The number of benzene rings is 9. The molecule has 0 aliphatic carbocycles. The van der Waals surface area contributed by atoms with E-state index in [0.717, 1.165) is 56.1 Å². The Kier molecular flexibility index (Phi) is 8.74. The number of anilines is 3. The van der Waals surface area contributed by atoms with Crippen molar-refractivity contribution < 1.29 is 4.39 Å². The van der Waals surface area contributed by atoms with Crippen LogP contribution in [0.15, 0.2) is 224 Å². The molecule has 57 heavy (non-hydrogen) atoms. The van der Waals surface area contributed by atoms with Gasteiger partial charge in [-0.05, 0) is 123 Å². The second-order valence-corrected chi connectivity index (χ2v) is 14.3. The van der Waals surface area contributed by atoms with Crippen LogP contribution in [0.4, 0.5) is 21.5 Å². The summed E-state index contributed by atoms with van der Waals surface area (Å²) in [4.78, 5) is 2.31. The van der Waals surface area contributed by atoms with E-state index in [1.54, 1.807) is 0 Å². The van der Waals surface area contributed by atoms with E-state index in [0.29, 0.717) is 0 Å². The van der Waals surface area contributed by atoms with Crippen molar-refractivity contribution in [1.82, 2.24) is 4.57 Å². The maximum atomic E-state index is 13.6. The molecule has 1 aromatic heterocycles. The van der Waals surface area contributed by atoms with E-state index in [1.165, 1.54) is 45.1 Å². The van der Waals surface area contributed by atoms with Crippen molar-refractivity contribution in [2.45, 2.75) is 0 Å². The molecule has 0 radical (unpaired) electrons. The summed E-state index contributed by atoms with van der Waals surface area (Å²) in [6, 6.07) is 78.1. The molecule has 0 amide bonds. The molecule has 1 heterocycles. The molecule has 0 bridgehead atoms. The summed E-state index contributed by atoms with van der Waals surface area (Å²) in [5, 5.41) is 2.52. The summed E-state index contributed by atoms with van der Waals surface area (Å²) in [5.74, 6) is -0.232. The van der Waals surface area contributed by atoms with Crippen LogP contribution < -0.4 is 4.90 Å². The van der Waals surface area contributed by atoms with Crippen LogP contribution in [0.3, 0.4) is 0 Å². The number of fused-ring (bicyclic) bond motifs is 3. The van der Waals surface area contributed by atoms with Crippen LogP contribution in [0, 0.1) is 5.82 Å². The highest BCUT2D eigenvalue weighted by atomic mass is 19.1. The molecule has 0 saturated heterocycles. The summed E-state index contributed by atoms with van der Waals surface area (Å²) in [5.41, 5.74) is 15.7. The maximum absolute atomic E-state index is 13.6. The molecule has 0 aliphatic rings. The maximum Gasteiger partial charge on any atom is 0.123 e. The first-order valence-corrected chi connectivity index (χ1v) is 19.3. The molecule has 10 rings (SSSR count). The fraction of sp³-hybridized carbons (Fsp3) is 0. The van der Waals surface area contributed by atoms with E-state index in [4.69, 9.17) is 0 Å². The van der Waals surface area contributed by atoms with Gasteiger partial charge in [-0.15, -0.1) is 0 Å². The van der Waals surface area contributed by atoms with Crippen molar-refractivity contribution in [3.05, 3.63) is 230 Å². The van der Waals surface area contributed by atoms with Crippen LogP contribution >= 0.6 is 0 Å². The topological polar surface area (TPSA) is 8.17 Å². The zero-order valence-corrected chi connectivity index (χ0v) is 31.1. The van der Waals surface area contributed by atoms with Crippen molar-refractivity contribution >= 4 is 38.9 Å². The zero-order valence-electron chi connectivity index (χ0n) is 31.1. The molecule has 0 atom stereocenters. The Morgan fingerprint density at radius 2 is 0.649 bits per heavy atom. The molecule has 2 nitrogen and oxygen atoms in total. The Bertz CT molecular complexity index is 2910. The molecule has 0 spiro atoms. The van der Waals surface area contributed by atoms with Crippen molar-refractivity contribution in [2.24, 2.45) is 0 Å². The molecule has 0 saturated carbocycles. The van der Waals surface area contributed by atoms with E-state index in [-0.39, 0.29) is 5.82 Å². The molecule has 0 unspecified atom stereocenters. The monoisotopic (exact) mass is 732 g/mol. The molecule has 10 aromatic rings. The number of hydrogen-bond donors (Lipinski definition) is 0. The van der Waals surface area contributed by atoms with Crippen LogP contribution in [0.2, 0.25) is 0 Å². The number of hydrogen-bond acceptors (Lipinski definition) is 1. The first-order chi connectivity index (χ1) is 28.2. The minimum absolute atomic E-state index is 0.232. The van der Waals surface area contributed by atoms with Gasteiger partial charge in [0.05, 0.1) is 11.0 Å². The van der Waals surface area contributed by atoms with Crippen LogP contribution in [0.5, 0.6) is 0 Å². The van der Waals surface area contributed by atoms with E-state index < -0.39 is 0 Å². The zero-order chi connectivity index (χ0) is 38.1. The second kappa shape index (κ2) is 14.6. The highest BCUT2D eigenvalue weighted by Gasteiger charge is 2.15. The third-order valence-electron chi connectivity index (χ3n) is 10.9. The Balaban J connectivity index is 0.977. The molecular weight excluding hydrogens is 696 g/mol. The van der Waals surface area contributed by atoms with Gasteiger partial charge in [-0.1, -0.05) is 146 Å². The third kappa shape index (κ3) is 6.56. The summed E-state index contributed by atoms with van der Waals surface area (Å²) in [6.07, 6.45) is 0. The van der Waals surface area contributed by atoms with Crippen LogP contribution in [-0.4, -0.2) is 4.57 Å². The average Bonchev–Trinajstić information content (AvgIpc) is 3.62. The number of halogens is 1. The quantitative estimate of drug-likeness (QED) is 0.151. The largest absolute Gasteiger partial charge is 0.311 e. The molecule has 0 fully saturated rings. The van der Waals surface area contributed by atoms with Gasteiger partial charge in [-0.3, -0.25) is 0 Å². The van der Waals surface area contributed by atoms with E-state index in [2.05, 4.69) is 204 Å². The Morgan fingerprint density at radius 1 is 0.298 bits per heavy atom. The van der Waals surface area contributed by atoms with Gasteiger partial charge in [0.2, 0.25) is 0 Å². The molecule has 270 valence electrons. The second-order valence-electron chi connectivity index (χ2n) is 14.3. The smallest absolute Gasteiger partial charge is 0.123 e. The van der Waals surface area contributed by atoms with E-state index in [9.17, 15) is 4.39 Å². The molecular formula is C54H37FN2. The third-order valence-corrected chi connectivity index (χ3v) is 10.9. The summed E-state index contributed by atoms with van der Waals surface area (Å²) < 4.78 is 16.0. The highest BCUT2D eigenvalue weighted by molar-refractivity contribution is 6.09. The fourth-order valence-corrected chi connectivity index (χ4v) is 8.01. The summed E-state index contributed by atoms with van der Waals surface area (Å²) in [6.45, 7) is 0. The summed E-state index contributed by atoms with van der Waals surface area (Å²) >= 11 is 0. The number of nitrogens with zero attached hydrogens (tertiary/aromatic N) is 2. The van der Waals surface area contributed by atoms with Gasteiger partial charge in [0.25, 0.3) is 0 Å². The molecule has 0 N–H and O–H groups in total. The lowest BCUT2D eigenvalue weighted by atomic mass is 9.98. The fourth-order valence-electron chi connectivity index (χ4n) is 8.01. The lowest BCUT2D eigenvalue weighted by Crippen LogP contribution is -2.09. The standard InChI is InChI=1S/C54H37FN2/c55-46-27-17-42(18-28-46)44-11-8-12-45(37-44)43-25-33-49(34-26-43)56(47-29-19-39(20-30-47)38-9-2-1-3-10-38)48-31-21-40(22-32-48)41-23-35-50(36-24-41)57-53-15-6-4-13-51(53)52-14-5-7-16-54(52)57/h1-37H. The Morgan fingerprint density at radius 3 is 1.12 bits per heavy atom. The number of aromatic nitrogens is 1. The van der Waals surface area contributed by atoms with Gasteiger partial charge in [0, 0.05) is 33.5 Å². The predicted octanol–water partition coefficient (Wildman–Crippen LogP) is 15.1. The highest BCUT2D eigenvalue weighted by Crippen LogP contribution is 2.39. The van der Waals surface area contributed by atoms with Crippen LogP contribution in [0.1, 0.15) is 0 Å². The SMILES string of the molecule is Fc1ccc(-c2cccc(-c3ccc(N(c4ccc(-c5ccccc5)cc4)c4ccc(-c5ccc(-n6c7ccccc7c7ccccc76)cc5)cc4)cc3)c2)cc1. The summed E-state index contributed by atoms with van der Waals surface area (Å²) in [7, 11) is 0. The van der Waals surface area contributed by atoms with Gasteiger partial charge in [0.15, 0.2) is 0 Å². The van der Waals surface area contributed by atoms with Crippen molar-refractivity contribution in [1.29, 1.82) is 0 Å². The van der Waals surface area contributed by atoms with E-state index in [1.807, 2.05) is 18.2 Å². The molecule has 0 aliphatic heterocycles. The normalized spacial score (nSPS) is 11.2. The van der Waals surface area contributed by atoms with Gasteiger partial charge in [0.1, 0.15) is 5.82 Å². The van der Waals surface area contributed by atoms with Gasteiger partial charge >= 0.3 is 0 Å². The van der Waals surface area contributed by atoms with Crippen LogP contribution in [-0.2, 0) is 0 Å². The van der Waals surface area contributed by atoms with Crippen molar-refractivity contribution in [2.75, 3.05) is 4.90 Å². The molecule has 3 heteroatoms.